The topological polar surface area (TPSA) is 75.9 Å². The smallest absolute Gasteiger partial charge is 0.159 e. The second-order valence-corrected chi connectivity index (χ2v) is 5.50. The second kappa shape index (κ2) is 6.54. The Kier molecular flexibility index (Phi) is 4.30. The fourth-order valence-corrected chi connectivity index (χ4v) is 2.28. The number of nitrogens with two attached hydrogens (primary N) is 1. The molecule has 6 heteroatoms. The number of halogens is 1. The normalized spacial score (nSPS) is 10.3. The summed E-state index contributed by atoms with van der Waals surface area (Å²) in [5.74, 6) is 1.08. The number of aryl methyl sites for hydroxylation is 1. The number of hydrogen-bond donors (Lipinski definition) is 3. The highest BCUT2D eigenvalue weighted by Crippen LogP contribution is 2.30. The minimum absolute atomic E-state index is 0.440. The van der Waals surface area contributed by atoms with Crippen molar-refractivity contribution in [2.24, 2.45) is 0 Å². The van der Waals surface area contributed by atoms with E-state index in [1.165, 1.54) is 6.33 Å². The third-order valence-electron chi connectivity index (χ3n) is 3.37. The molecule has 0 aliphatic carbocycles. The number of rotatable bonds is 4. The van der Waals surface area contributed by atoms with Crippen LogP contribution in [0.1, 0.15) is 5.56 Å². The summed E-state index contributed by atoms with van der Waals surface area (Å²) in [7, 11) is 0. The molecule has 116 valence electrons. The van der Waals surface area contributed by atoms with E-state index in [1.54, 1.807) is 0 Å². The van der Waals surface area contributed by atoms with Gasteiger partial charge in [-0.15, -0.1) is 0 Å². The van der Waals surface area contributed by atoms with Crippen molar-refractivity contribution in [2.75, 3.05) is 16.4 Å². The average Bonchev–Trinajstić information content (AvgIpc) is 2.55. The van der Waals surface area contributed by atoms with Crippen LogP contribution in [0.4, 0.5) is 28.7 Å². The first-order valence-electron chi connectivity index (χ1n) is 7.09. The van der Waals surface area contributed by atoms with Gasteiger partial charge >= 0.3 is 0 Å². The standard InChI is InChI=1S/C17H16ClN5/c1-11-7-8-12(18)9-14(11)23-17-15(19)16(20-10-21-17)22-13-5-3-2-4-6-13/h2-10H,19H2,1H3,(H2,20,21,22,23). The number of nitrogens with one attached hydrogen (secondary N) is 2. The summed E-state index contributed by atoms with van der Waals surface area (Å²) in [6.45, 7) is 1.99. The quantitative estimate of drug-likeness (QED) is 0.658. The van der Waals surface area contributed by atoms with Crippen molar-refractivity contribution in [3.8, 4) is 0 Å². The summed E-state index contributed by atoms with van der Waals surface area (Å²) < 4.78 is 0. The SMILES string of the molecule is Cc1ccc(Cl)cc1Nc1ncnc(Nc2ccccc2)c1N. The van der Waals surface area contributed by atoms with Gasteiger partial charge in [-0.05, 0) is 36.8 Å². The first-order valence-corrected chi connectivity index (χ1v) is 7.47. The van der Waals surface area contributed by atoms with E-state index in [1.807, 2.05) is 55.5 Å². The van der Waals surface area contributed by atoms with Crippen LogP contribution in [0, 0.1) is 6.92 Å². The van der Waals surface area contributed by atoms with Crippen LogP contribution in [0.5, 0.6) is 0 Å². The summed E-state index contributed by atoms with van der Waals surface area (Å²) in [4.78, 5) is 8.42. The van der Waals surface area contributed by atoms with E-state index < -0.39 is 0 Å². The van der Waals surface area contributed by atoms with Gasteiger partial charge in [0.25, 0.3) is 0 Å². The van der Waals surface area contributed by atoms with E-state index in [2.05, 4.69) is 20.6 Å². The molecule has 0 bridgehead atoms. The molecule has 1 heterocycles. The molecule has 0 spiro atoms. The van der Waals surface area contributed by atoms with Crippen molar-refractivity contribution in [3.63, 3.8) is 0 Å². The van der Waals surface area contributed by atoms with Gasteiger partial charge in [-0.25, -0.2) is 9.97 Å². The molecule has 0 aliphatic heterocycles. The maximum Gasteiger partial charge on any atom is 0.159 e. The number of benzene rings is 2. The summed E-state index contributed by atoms with van der Waals surface area (Å²) in [6, 6.07) is 15.3. The zero-order valence-electron chi connectivity index (χ0n) is 12.5. The van der Waals surface area contributed by atoms with Crippen molar-refractivity contribution >= 4 is 40.3 Å². The van der Waals surface area contributed by atoms with Crippen LogP contribution < -0.4 is 16.4 Å². The fourth-order valence-electron chi connectivity index (χ4n) is 2.11. The molecule has 1 aromatic heterocycles. The number of nitrogens with zero attached hydrogens (tertiary/aromatic N) is 2. The predicted molar refractivity (Wildman–Crippen MR) is 95.6 cm³/mol. The highest BCUT2D eigenvalue weighted by atomic mass is 35.5. The van der Waals surface area contributed by atoms with E-state index in [-0.39, 0.29) is 0 Å². The van der Waals surface area contributed by atoms with Crippen LogP contribution >= 0.6 is 11.6 Å². The van der Waals surface area contributed by atoms with E-state index in [9.17, 15) is 0 Å². The maximum atomic E-state index is 6.18. The molecule has 2 aromatic carbocycles. The van der Waals surface area contributed by atoms with Crippen LogP contribution in [-0.4, -0.2) is 9.97 Å². The largest absolute Gasteiger partial charge is 0.393 e. The van der Waals surface area contributed by atoms with Crippen LogP contribution in [0.2, 0.25) is 5.02 Å². The zero-order chi connectivity index (χ0) is 16.2. The lowest BCUT2D eigenvalue weighted by molar-refractivity contribution is 1.17. The molecule has 0 unspecified atom stereocenters. The second-order valence-electron chi connectivity index (χ2n) is 5.06. The minimum atomic E-state index is 0.440. The molecule has 0 amide bonds. The summed E-state index contributed by atoms with van der Waals surface area (Å²) >= 11 is 6.05. The van der Waals surface area contributed by atoms with Gasteiger partial charge in [0.1, 0.15) is 12.0 Å². The van der Waals surface area contributed by atoms with Gasteiger partial charge in [0.15, 0.2) is 11.6 Å². The highest BCUT2D eigenvalue weighted by Gasteiger charge is 2.10. The van der Waals surface area contributed by atoms with Gasteiger partial charge < -0.3 is 16.4 Å². The van der Waals surface area contributed by atoms with Gasteiger partial charge in [-0.2, -0.15) is 0 Å². The van der Waals surface area contributed by atoms with E-state index >= 15 is 0 Å². The molecule has 0 saturated heterocycles. The third kappa shape index (κ3) is 3.52. The Balaban J connectivity index is 1.89. The number of para-hydroxylation sites is 1. The van der Waals surface area contributed by atoms with Crippen molar-refractivity contribution in [1.29, 1.82) is 0 Å². The molecular weight excluding hydrogens is 310 g/mol. The molecule has 4 N–H and O–H groups in total. The third-order valence-corrected chi connectivity index (χ3v) is 3.61. The Hall–Kier alpha value is -2.79. The lowest BCUT2D eigenvalue weighted by atomic mass is 10.2. The van der Waals surface area contributed by atoms with Crippen molar-refractivity contribution in [2.45, 2.75) is 6.92 Å². The van der Waals surface area contributed by atoms with E-state index in [0.29, 0.717) is 22.3 Å². The summed E-state index contributed by atoms with van der Waals surface area (Å²) in [5, 5.41) is 7.04. The highest BCUT2D eigenvalue weighted by molar-refractivity contribution is 6.30. The Bertz CT molecular complexity index is 820. The summed E-state index contributed by atoms with van der Waals surface area (Å²) in [5.41, 5.74) is 9.43. The molecule has 0 aliphatic rings. The molecule has 3 aromatic rings. The van der Waals surface area contributed by atoms with Crippen molar-refractivity contribution < 1.29 is 0 Å². The van der Waals surface area contributed by atoms with Gasteiger partial charge in [0, 0.05) is 16.4 Å². The van der Waals surface area contributed by atoms with Crippen molar-refractivity contribution in [1.82, 2.24) is 9.97 Å². The monoisotopic (exact) mass is 325 g/mol. The first-order chi connectivity index (χ1) is 11.1. The number of anilines is 5. The molecule has 0 saturated carbocycles. The maximum absolute atomic E-state index is 6.18. The summed E-state index contributed by atoms with van der Waals surface area (Å²) in [6.07, 6.45) is 1.46. The first kappa shape index (κ1) is 15.1. The molecule has 5 nitrogen and oxygen atoms in total. The minimum Gasteiger partial charge on any atom is -0.393 e. The van der Waals surface area contributed by atoms with Crippen LogP contribution in [0.15, 0.2) is 54.9 Å². The number of nitrogen functional groups attached to an aromatic ring is 1. The molecule has 0 atom stereocenters. The molecule has 0 fully saturated rings. The number of hydrogen-bond acceptors (Lipinski definition) is 5. The number of aromatic nitrogens is 2. The van der Waals surface area contributed by atoms with E-state index in [0.717, 1.165) is 16.9 Å². The molecule has 0 radical (unpaired) electrons. The van der Waals surface area contributed by atoms with Crippen molar-refractivity contribution in [3.05, 3.63) is 65.4 Å². The van der Waals surface area contributed by atoms with Crippen LogP contribution in [-0.2, 0) is 0 Å². The van der Waals surface area contributed by atoms with Gasteiger partial charge in [0.2, 0.25) is 0 Å². The van der Waals surface area contributed by atoms with Gasteiger partial charge in [-0.3, -0.25) is 0 Å². The Morgan fingerprint density at radius 1 is 0.957 bits per heavy atom. The lowest BCUT2D eigenvalue weighted by Gasteiger charge is -2.14. The molecular formula is C17H16ClN5. The zero-order valence-corrected chi connectivity index (χ0v) is 13.3. The van der Waals surface area contributed by atoms with Gasteiger partial charge in [-0.1, -0.05) is 35.9 Å². The lowest BCUT2D eigenvalue weighted by Crippen LogP contribution is -2.05. The molecule has 23 heavy (non-hydrogen) atoms. The van der Waals surface area contributed by atoms with Crippen LogP contribution in [0.25, 0.3) is 0 Å². The Morgan fingerprint density at radius 2 is 1.65 bits per heavy atom. The predicted octanol–water partition coefficient (Wildman–Crippen LogP) is 4.51. The van der Waals surface area contributed by atoms with Gasteiger partial charge in [0.05, 0.1) is 0 Å². The fraction of sp³-hybridized carbons (Fsp3) is 0.0588. The molecule has 3 rings (SSSR count). The Labute approximate surface area is 139 Å². The van der Waals surface area contributed by atoms with Crippen LogP contribution in [0.3, 0.4) is 0 Å². The average molecular weight is 326 g/mol. The van der Waals surface area contributed by atoms with E-state index in [4.69, 9.17) is 17.3 Å². The Morgan fingerprint density at radius 3 is 2.39 bits per heavy atom.